The van der Waals surface area contributed by atoms with Gasteiger partial charge in [0.1, 0.15) is 24.0 Å². The summed E-state index contributed by atoms with van der Waals surface area (Å²) >= 11 is 0. The molecule has 0 saturated carbocycles. The summed E-state index contributed by atoms with van der Waals surface area (Å²) in [5, 5.41) is 0. The number of alkyl halides is 3. The maximum absolute atomic E-state index is 12.9. The standard InChI is InChI=1S/C28H29F3N4O4/c29-28(30,31)25-7-6-22(15-32-25)35-13-12-33(17-27(35)37)16-26(36)34-10-8-21(9-11-34)24-19-38-18-23(39-24)14-20-4-2-1-3-5-20/h1-2,4,6-8,15,18-19H,3,5,9-14,16-17H2. The van der Waals surface area contributed by atoms with Crippen LogP contribution >= 0.6 is 0 Å². The van der Waals surface area contributed by atoms with E-state index in [0.29, 0.717) is 43.9 Å². The molecule has 5 rings (SSSR count). The summed E-state index contributed by atoms with van der Waals surface area (Å²) in [7, 11) is 0. The van der Waals surface area contributed by atoms with Crippen molar-refractivity contribution in [3.8, 4) is 0 Å². The van der Waals surface area contributed by atoms with E-state index in [9.17, 15) is 22.8 Å². The fourth-order valence-electron chi connectivity index (χ4n) is 4.86. The molecule has 0 bridgehead atoms. The number of rotatable bonds is 6. The van der Waals surface area contributed by atoms with E-state index in [1.54, 1.807) is 22.3 Å². The highest BCUT2D eigenvalue weighted by molar-refractivity contribution is 5.95. The second-order valence-electron chi connectivity index (χ2n) is 9.75. The van der Waals surface area contributed by atoms with Gasteiger partial charge in [-0.25, -0.2) is 4.98 Å². The van der Waals surface area contributed by atoms with Gasteiger partial charge in [-0.15, -0.1) is 0 Å². The predicted molar refractivity (Wildman–Crippen MR) is 137 cm³/mol. The number of piperazine rings is 1. The van der Waals surface area contributed by atoms with Crippen LogP contribution in [0.25, 0.3) is 0 Å². The van der Waals surface area contributed by atoms with Gasteiger partial charge in [-0.3, -0.25) is 14.5 Å². The number of nitrogens with zero attached hydrogens (tertiary/aromatic N) is 4. The van der Waals surface area contributed by atoms with Crippen molar-refractivity contribution in [1.29, 1.82) is 0 Å². The molecule has 1 saturated heterocycles. The van der Waals surface area contributed by atoms with Gasteiger partial charge in [0.25, 0.3) is 0 Å². The van der Waals surface area contributed by atoms with Gasteiger partial charge in [0, 0.05) is 32.6 Å². The molecule has 8 nitrogen and oxygen atoms in total. The van der Waals surface area contributed by atoms with Gasteiger partial charge in [-0.1, -0.05) is 29.9 Å². The van der Waals surface area contributed by atoms with Gasteiger partial charge in [-0.2, -0.15) is 13.2 Å². The number of carbonyl (C=O) groups is 2. The lowest BCUT2D eigenvalue weighted by molar-refractivity contribution is -0.141. The summed E-state index contributed by atoms with van der Waals surface area (Å²) in [5.41, 5.74) is 1.57. The monoisotopic (exact) mass is 542 g/mol. The predicted octanol–water partition coefficient (Wildman–Crippen LogP) is 4.30. The van der Waals surface area contributed by atoms with Crippen LogP contribution < -0.4 is 4.90 Å². The number of ether oxygens (including phenoxy) is 2. The van der Waals surface area contributed by atoms with E-state index in [-0.39, 0.29) is 31.4 Å². The fraction of sp³-hybridized carbons (Fsp3) is 0.393. The zero-order valence-electron chi connectivity index (χ0n) is 21.3. The van der Waals surface area contributed by atoms with Crippen LogP contribution in [0.1, 0.15) is 31.4 Å². The third-order valence-electron chi connectivity index (χ3n) is 7.00. The Morgan fingerprint density at radius 1 is 1.10 bits per heavy atom. The van der Waals surface area contributed by atoms with Crippen LogP contribution in [0.5, 0.6) is 0 Å². The highest BCUT2D eigenvalue weighted by atomic mass is 19.4. The van der Waals surface area contributed by atoms with Gasteiger partial charge in [0.2, 0.25) is 11.8 Å². The largest absolute Gasteiger partial charge is 0.465 e. The number of hydrogen-bond donors (Lipinski definition) is 0. The zero-order chi connectivity index (χ0) is 27.4. The molecule has 4 heterocycles. The Labute approximate surface area is 224 Å². The van der Waals surface area contributed by atoms with Crippen LogP contribution in [0.15, 0.2) is 77.8 Å². The van der Waals surface area contributed by atoms with Crippen LogP contribution in [-0.2, 0) is 25.2 Å². The molecule has 0 N–H and O–H groups in total. The SMILES string of the molecule is O=C(CN1CCN(c2ccc(C(F)(F)F)nc2)C(=O)C1)N1CC=C(C2=COC=C(CC3=CC=CCC3)O2)CC1. The molecule has 0 radical (unpaired) electrons. The average Bonchev–Trinajstić information content (AvgIpc) is 2.93. The Hall–Kier alpha value is -3.86. The van der Waals surface area contributed by atoms with Gasteiger partial charge < -0.3 is 19.3 Å². The first-order valence-electron chi connectivity index (χ1n) is 12.9. The Balaban J connectivity index is 1.09. The molecular formula is C28H29F3N4O4. The lowest BCUT2D eigenvalue weighted by Gasteiger charge is -2.35. The molecule has 11 heteroatoms. The smallest absolute Gasteiger partial charge is 0.433 e. The molecule has 206 valence electrons. The topological polar surface area (TPSA) is 75.2 Å². The lowest BCUT2D eigenvalue weighted by Crippen LogP contribution is -2.53. The van der Waals surface area contributed by atoms with Gasteiger partial charge in [0.05, 0.1) is 25.0 Å². The minimum atomic E-state index is -4.54. The van der Waals surface area contributed by atoms with E-state index in [4.69, 9.17) is 9.47 Å². The van der Waals surface area contributed by atoms with Crippen LogP contribution in [0, 0.1) is 0 Å². The average molecular weight is 543 g/mol. The number of allylic oxidation sites excluding steroid dienone is 5. The van der Waals surface area contributed by atoms with Crippen molar-refractivity contribution in [2.75, 3.05) is 44.2 Å². The maximum atomic E-state index is 12.9. The molecule has 1 fully saturated rings. The number of anilines is 1. The Morgan fingerprint density at radius 2 is 1.97 bits per heavy atom. The second-order valence-corrected chi connectivity index (χ2v) is 9.75. The molecule has 1 aromatic heterocycles. The molecule has 0 aromatic carbocycles. The highest BCUT2D eigenvalue weighted by Crippen LogP contribution is 2.30. The first-order chi connectivity index (χ1) is 18.8. The zero-order valence-corrected chi connectivity index (χ0v) is 21.3. The molecule has 39 heavy (non-hydrogen) atoms. The molecule has 0 atom stereocenters. The minimum Gasteiger partial charge on any atom is -0.465 e. The van der Waals surface area contributed by atoms with Crippen molar-refractivity contribution in [3.05, 3.63) is 83.5 Å². The van der Waals surface area contributed by atoms with Crippen LogP contribution in [0.2, 0.25) is 0 Å². The molecule has 3 aliphatic heterocycles. The molecule has 4 aliphatic rings. The summed E-state index contributed by atoms with van der Waals surface area (Å²) in [6.45, 7) is 1.72. The van der Waals surface area contributed by atoms with Gasteiger partial charge >= 0.3 is 6.18 Å². The Morgan fingerprint density at radius 3 is 2.64 bits per heavy atom. The third-order valence-corrected chi connectivity index (χ3v) is 7.00. The number of hydrogen-bond acceptors (Lipinski definition) is 6. The molecule has 0 spiro atoms. The van der Waals surface area contributed by atoms with Crippen molar-refractivity contribution in [2.45, 2.75) is 31.9 Å². The number of pyridine rings is 1. The lowest BCUT2D eigenvalue weighted by atomic mass is 10.0. The summed E-state index contributed by atoms with van der Waals surface area (Å²) in [5.74, 6) is 1.03. The van der Waals surface area contributed by atoms with Crippen LogP contribution in [-0.4, -0.2) is 65.9 Å². The normalized spacial score (nSPS) is 20.4. The number of aromatic nitrogens is 1. The van der Waals surface area contributed by atoms with E-state index < -0.39 is 11.9 Å². The van der Waals surface area contributed by atoms with Gasteiger partial charge in [-0.05, 0) is 37.0 Å². The maximum Gasteiger partial charge on any atom is 0.433 e. The molecular weight excluding hydrogens is 513 g/mol. The molecule has 1 aromatic rings. The second kappa shape index (κ2) is 11.5. The van der Waals surface area contributed by atoms with E-state index >= 15 is 0 Å². The van der Waals surface area contributed by atoms with E-state index in [1.165, 1.54) is 16.5 Å². The summed E-state index contributed by atoms with van der Waals surface area (Å²) in [4.78, 5) is 33.9. The van der Waals surface area contributed by atoms with E-state index in [0.717, 1.165) is 36.4 Å². The first kappa shape index (κ1) is 26.7. The van der Waals surface area contributed by atoms with Crippen molar-refractivity contribution in [3.63, 3.8) is 0 Å². The minimum absolute atomic E-state index is 0.00108. The Bertz CT molecular complexity index is 1260. The summed E-state index contributed by atoms with van der Waals surface area (Å²) in [6, 6.07) is 2.10. The van der Waals surface area contributed by atoms with Crippen molar-refractivity contribution in [2.24, 2.45) is 0 Å². The molecule has 2 amide bonds. The number of halogens is 3. The van der Waals surface area contributed by atoms with Crippen molar-refractivity contribution in [1.82, 2.24) is 14.8 Å². The van der Waals surface area contributed by atoms with E-state index in [2.05, 4.69) is 23.2 Å². The first-order valence-corrected chi connectivity index (χ1v) is 12.9. The van der Waals surface area contributed by atoms with Crippen molar-refractivity contribution >= 4 is 17.5 Å². The van der Waals surface area contributed by atoms with Crippen LogP contribution in [0.3, 0.4) is 0 Å². The molecule has 1 aliphatic carbocycles. The summed E-state index contributed by atoms with van der Waals surface area (Å²) < 4.78 is 49.9. The summed E-state index contributed by atoms with van der Waals surface area (Å²) in [6.07, 6.45) is 11.3. The van der Waals surface area contributed by atoms with Crippen LogP contribution in [0.4, 0.5) is 18.9 Å². The fourth-order valence-corrected chi connectivity index (χ4v) is 4.86. The quantitative estimate of drug-likeness (QED) is 0.534. The number of carbonyl (C=O) groups excluding carboxylic acids is 2. The third kappa shape index (κ3) is 6.59. The Kier molecular flexibility index (Phi) is 7.87. The highest BCUT2D eigenvalue weighted by Gasteiger charge is 2.33. The molecule has 0 unspecified atom stereocenters. The van der Waals surface area contributed by atoms with Gasteiger partial charge in [0.15, 0.2) is 5.76 Å². The number of amides is 2. The van der Waals surface area contributed by atoms with E-state index in [1.807, 2.05) is 6.08 Å². The van der Waals surface area contributed by atoms with Crippen molar-refractivity contribution < 1.29 is 32.2 Å².